The minimum Gasteiger partial charge on any atom is -0.384 e. The monoisotopic (exact) mass is 537 g/mol. The molecule has 7 nitrogen and oxygen atoms in total. The predicted octanol–water partition coefficient (Wildman–Crippen LogP) is 7.08. The van der Waals surface area contributed by atoms with Crippen LogP contribution in [0, 0.1) is 12.7 Å². The molecule has 5 rings (SSSR count). The molecule has 0 spiro atoms. The van der Waals surface area contributed by atoms with Gasteiger partial charge in [0, 0.05) is 65.1 Å². The molecule has 3 N–H and O–H groups in total. The van der Waals surface area contributed by atoms with Crippen LogP contribution in [0.15, 0.2) is 79.8 Å². The molecule has 0 aliphatic carbocycles. The first-order chi connectivity index (χ1) is 19.4. The van der Waals surface area contributed by atoms with Crippen molar-refractivity contribution in [1.29, 1.82) is 0 Å². The Kier molecular flexibility index (Phi) is 9.24. The predicted molar refractivity (Wildman–Crippen MR) is 164 cm³/mol. The summed E-state index contributed by atoms with van der Waals surface area (Å²) in [5, 5.41) is 11.8. The number of hydrogen-bond acceptors (Lipinski definition) is 5. The number of aromatic amines is 2. The van der Waals surface area contributed by atoms with Gasteiger partial charge in [0.15, 0.2) is 5.65 Å². The van der Waals surface area contributed by atoms with E-state index in [-0.39, 0.29) is 5.82 Å². The van der Waals surface area contributed by atoms with E-state index in [1.807, 2.05) is 65.3 Å². The molecule has 0 aliphatic heterocycles. The highest BCUT2D eigenvalue weighted by molar-refractivity contribution is 5.94. The van der Waals surface area contributed by atoms with E-state index in [9.17, 15) is 4.39 Å². The molecule has 40 heavy (non-hydrogen) atoms. The molecule has 206 valence electrons. The number of likely N-dealkylation sites (N-methyl/N-ethyl adjacent to an activating group) is 1. The highest BCUT2D eigenvalue weighted by Crippen LogP contribution is 2.34. The van der Waals surface area contributed by atoms with Gasteiger partial charge in [-0.2, -0.15) is 5.10 Å². The molecular weight excluding hydrogens is 501 g/mol. The molecule has 0 radical (unpaired) electrons. The number of nitrogens with one attached hydrogen (secondary N) is 3. The molecule has 0 fully saturated rings. The third-order valence-corrected chi connectivity index (χ3v) is 6.36. The summed E-state index contributed by atoms with van der Waals surface area (Å²) in [5.41, 5.74) is 8.52. The van der Waals surface area contributed by atoms with E-state index in [1.165, 1.54) is 6.07 Å². The van der Waals surface area contributed by atoms with Crippen molar-refractivity contribution in [3.63, 3.8) is 0 Å². The van der Waals surface area contributed by atoms with Crippen LogP contribution in [0.3, 0.4) is 0 Å². The van der Waals surface area contributed by atoms with Gasteiger partial charge in [-0.15, -0.1) is 0 Å². The van der Waals surface area contributed by atoms with Crippen molar-refractivity contribution in [2.45, 2.75) is 20.8 Å². The van der Waals surface area contributed by atoms with Crippen molar-refractivity contribution < 1.29 is 4.39 Å². The molecule has 8 heteroatoms. The fraction of sp³-hybridized carbons (Fsp3) is 0.219. The number of anilines is 1. The number of allylic oxidation sites excluding steroid dienone is 2. The van der Waals surface area contributed by atoms with E-state index in [2.05, 4.69) is 54.1 Å². The fourth-order valence-corrected chi connectivity index (χ4v) is 4.50. The Morgan fingerprint density at radius 3 is 2.65 bits per heavy atom. The highest BCUT2D eigenvalue weighted by atomic mass is 19.1. The van der Waals surface area contributed by atoms with E-state index in [1.54, 1.807) is 24.5 Å². The third-order valence-electron chi connectivity index (χ3n) is 6.36. The Morgan fingerprint density at radius 1 is 1.10 bits per heavy atom. The molecule has 0 bridgehead atoms. The number of pyridine rings is 2. The summed E-state index contributed by atoms with van der Waals surface area (Å²) in [6, 6.07) is 13.1. The van der Waals surface area contributed by atoms with Crippen LogP contribution in [-0.2, 0) is 0 Å². The van der Waals surface area contributed by atoms with E-state index >= 15 is 0 Å². The van der Waals surface area contributed by atoms with Gasteiger partial charge in [-0.25, -0.2) is 9.37 Å². The number of halogens is 1. The third kappa shape index (κ3) is 6.35. The van der Waals surface area contributed by atoms with Gasteiger partial charge < -0.3 is 15.2 Å². The number of H-pyrrole nitrogens is 2. The molecule has 0 unspecified atom stereocenters. The molecule has 5 aromatic rings. The Hall–Kier alpha value is -4.56. The summed E-state index contributed by atoms with van der Waals surface area (Å²) < 4.78 is 14.7. The van der Waals surface area contributed by atoms with Crippen LogP contribution in [0.5, 0.6) is 0 Å². The fourth-order valence-electron chi connectivity index (χ4n) is 4.50. The van der Waals surface area contributed by atoms with Gasteiger partial charge in [-0.05, 0) is 68.6 Å². The maximum Gasteiger partial charge on any atom is 0.181 e. The normalized spacial score (nSPS) is 11.4. The molecule has 0 saturated carbocycles. The summed E-state index contributed by atoms with van der Waals surface area (Å²) >= 11 is 0. The molecule has 0 amide bonds. The van der Waals surface area contributed by atoms with Crippen LogP contribution in [0.4, 0.5) is 10.1 Å². The Labute approximate surface area is 234 Å². The summed E-state index contributed by atoms with van der Waals surface area (Å²) in [7, 11) is 4.02. The van der Waals surface area contributed by atoms with Gasteiger partial charge in [0.05, 0.1) is 11.4 Å². The maximum atomic E-state index is 14.7. The average Bonchev–Trinajstić information content (AvgIpc) is 3.55. The lowest BCUT2D eigenvalue weighted by Gasteiger charge is -2.14. The molecular formula is C32H36FN7. The van der Waals surface area contributed by atoms with Gasteiger partial charge in [0.1, 0.15) is 5.82 Å². The minimum atomic E-state index is -0.299. The van der Waals surface area contributed by atoms with Crippen LogP contribution in [0.1, 0.15) is 30.7 Å². The lowest BCUT2D eigenvalue weighted by molar-refractivity contribution is 0.425. The summed E-state index contributed by atoms with van der Waals surface area (Å²) in [6.45, 7) is 11.5. The first-order valence-corrected chi connectivity index (χ1v) is 13.4. The highest BCUT2D eigenvalue weighted by Gasteiger charge is 2.17. The maximum absolute atomic E-state index is 14.7. The largest absolute Gasteiger partial charge is 0.384 e. The van der Waals surface area contributed by atoms with Crippen LogP contribution < -0.4 is 5.32 Å². The number of rotatable bonds is 9. The first-order valence-electron chi connectivity index (χ1n) is 13.4. The lowest BCUT2D eigenvalue weighted by atomic mass is 9.96. The number of aryl methyl sites for hydroxylation is 1. The van der Waals surface area contributed by atoms with E-state index in [0.717, 1.165) is 62.5 Å². The van der Waals surface area contributed by atoms with Crippen LogP contribution in [-0.4, -0.2) is 57.2 Å². The zero-order chi connectivity index (χ0) is 28.6. The van der Waals surface area contributed by atoms with Gasteiger partial charge in [-0.1, -0.05) is 38.6 Å². The number of fused-ring (bicyclic) bond motifs is 1. The number of nitrogens with zero attached hydrogens (tertiary/aromatic N) is 4. The first kappa shape index (κ1) is 28.4. The summed E-state index contributed by atoms with van der Waals surface area (Å²) in [4.78, 5) is 14.3. The topological polar surface area (TPSA) is 85.5 Å². The van der Waals surface area contributed by atoms with Crippen LogP contribution in [0.2, 0.25) is 0 Å². The molecule has 0 aliphatic rings. The molecule has 4 heterocycles. The smallest absolute Gasteiger partial charge is 0.181 e. The van der Waals surface area contributed by atoms with Crippen LogP contribution in [0.25, 0.3) is 39.1 Å². The van der Waals surface area contributed by atoms with Crippen molar-refractivity contribution in [2.24, 2.45) is 0 Å². The van der Waals surface area contributed by atoms with E-state index in [0.29, 0.717) is 12.2 Å². The van der Waals surface area contributed by atoms with Crippen LogP contribution >= 0.6 is 0 Å². The Bertz CT molecular complexity index is 1610. The molecule has 0 saturated heterocycles. The van der Waals surface area contributed by atoms with Gasteiger partial charge in [-0.3, -0.25) is 10.1 Å². The van der Waals surface area contributed by atoms with Crippen molar-refractivity contribution in [3.8, 4) is 22.5 Å². The SMILES string of the molecule is C=C/C=C(/c1cc(F)cc(NCCN(C)C)c1)c1cc(-c2[nH]nc3ncc(-c4cccnc4)cc23)[nH]c1C.CC. The Balaban J connectivity index is 0.00000181. The molecule has 4 aromatic heterocycles. The van der Waals surface area contributed by atoms with Crippen molar-refractivity contribution in [3.05, 3.63) is 102 Å². The number of benzene rings is 1. The summed E-state index contributed by atoms with van der Waals surface area (Å²) in [6.07, 6.45) is 8.99. The lowest BCUT2D eigenvalue weighted by Crippen LogP contribution is -2.20. The second kappa shape index (κ2) is 13.0. The average molecular weight is 538 g/mol. The second-order valence-corrected chi connectivity index (χ2v) is 9.43. The van der Waals surface area contributed by atoms with Crippen molar-refractivity contribution in [2.75, 3.05) is 32.5 Å². The van der Waals surface area contributed by atoms with E-state index < -0.39 is 0 Å². The standard InChI is InChI=1S/C30H30FN7.C2H6/c1-5-7-25(21-12-23(31)15-24(13-21)33-10-11-38(3)4)26-16-28(35-19(26)2)29-27-14-22(18-34-30(27)37-36-29)20-8-6-9-32-17-20;1-2/h5-9,12-18,33,35H,1,10-11H2,2-4H3,(H,34,36,37);1-2H3/b25-7-;. The number of hydrogen-bond donors (Lipinski definition) is 3. The van der Waals surface area contributed by atoms with Gasteiger partial charge in [0.2, 0.25) is 0 Å². The molecule has 1 aromatic carbocycles. The molecule has 0 atom stereocenters. The number of aromatic nitrogens is 5. The Morgan fingerprint density at radius 2 is 1.93 bits per heavy atom. The zero-order valence-corrected chi connectivity index (χ0v) is 23.7. The van der Waals surface area contributed by atoms with Crippen molar-refractivity contribution in [1.82, 2.24) is 30.0 Å². The van der Waals surface area contributed by atoms with Gasteiger partial charge >= 0.3 is 0 Å². The minimum absolute atomic E-state index is 0.299. The summed E-state index contributed by atoms with van der Waals surface area (Å²) in [5.74, 6) is -0.299. The van der Waals surface area contributed by atoms with E-state index in [4.69, 9.17) is 0 Å². The van der Waals surface area contributed by atoms with Crippen molar-refractivity contribution >= 4 is 22.3 Å². The quantitative estimate of drug-likeness (QED) is 0.175. The van der Waals surface area contributed by atoms with Gasteiger partial charge in [0.25, 0.3) is 0 Å². The zero-order valence-electron chi connectivity index (χ0n) is 23.7. The second-order valence-electron chi connectivity index (χ2n) is 9.43.